The summed E-state index contributed by atoms with van der Waals surface area (Å²) in [4.78, 5) is 2.64. The van der Waals surface area contributed by atoms with Gasteiger partial charge in [-0.15, -0.1) is 0 Å². The lowest BCUT2D eigenvalue weighted by atomic mass is 9.61. The lowest BCUT2D eigenvalue weighted by molar-refractivity contribution is -0.00269. The molecule has 0 aliphatic carbocycles. The van der Waals surface area contributed by atoms with Crippen LogP contribution in [0.15, 0.2) is 0 Å². The van der Waals surface area contributed by atoms with E-state index in [4.69, 9.17) is 4.74 Å². The van der Waals surface area contributed by atoms with Crippen molar-refractivity contribution in [2.75, 3.05) is 26.3 Å². The smallest absolute Gasteiger partial charge is 0.0527 e. The van der Waals surface area contributed by atoms with E-state index in [1.807, 2.05) is 0 Å². The molecule has 2 heterocycles. The lowest BCUT2D eigenvalue weighted by Gasteiger charge is -2.49. The fraction of sp³-hybridized carbons (Fsp3) is 1.00. The SMILES string of the molecule is CC(C)(C)C1COCC12CCN(C(C)(C)C)CC2. The van der Waals surface area contributed by atoms with E-state index < -0.39 is 0 Å². The zero-order valence-electron chi connectivity index (χ0n) is 13.2. The molecular formula is C16H31NO. The molecule has 1 spiro atoms. The summed E-state index contributed by atoms with van der Waals surface area (Å²) in [6, 6.07) is 0. The predicted octanol–water partition coefficient (Wildman–Crippen LogP) is 3.56. The number of nitrogens with zero attached hydrogens (tertiary/aromatic N) is 1. The van der Waals surface area contributed by atoms with Crippen LogP contribution in [0.25, 0.3) is 0 Å². The fourth-order valence-electron chi connectivity index (χ4n) is 3.94. The van der Waals surface area contributed by atoms with Crippen molar-refractivity contribution in [1.82, 2.24) is 4.90 Å². The minimum atomic E-state index is 0.318. The third kappa shape index (κ3) is 2.60. The number of hydrogen-bond donors (Lipinski definition) is 0. The van der Waals surface area contributed by atoms with Crippen molar-refractivity contribution in [2.24, 2.45) is 16.7 Å². The van der Waals surface area contributed by atoms with Gasteiger partial charge in [0, 0.05) is 11.0 Å². The summed E-state index contributed by atoms with van der Waals surface area (Å²) >= 11 is 0. The third-order valence-electron chi connectivity index (χ3n) is 5.17. The fourth-order valence-corrected chi connectivity index (χ4v) is 3.94. The molecule has 0 bridgehead atoms. The number of rotatable bonds is 0. The summed E-state index contributed by atoms with van der Waals surface area (Å²) in [6.45, 7) is 18.6. The molecular weight excluding hydrogens is 222 g/mol. The van der Waals surface area contributed by atoms with Crippen LogP contribution in [0.5, 0.6) is 0 Å². The molecule has 0 aromatic heterocycles. The molecule has 2 nitrogen and oxygen atoms in total. The first-order valence-electron chi connectivity index (χ1n) is 7.48. The Bertz CT molecular complexity index is 289. The number of hydrogen-bond acceptors (Lipinski definition) is 2. The van der Waals surface area contributed by atoms with Crippen molar-refractivity contribution < 1.29 is 4.74 Å². The van der Waals surface area contributed by atoms with Gasteiger partial charge in [0.2, 0.25) is 0 Å². The van der Waals surface area contributed by atoms with Crippen LogP contribution >= 0.6 is 0 Å². The molecule has 0 saturated carbocycles. The Hall–Kier alpha value is -0.0800. The Labute approximate surface area is 113 Å². The molecule has 0 N–H and O–H groups in total. The number of likely N-dealkylation sites (tertiary alicyclic amines) is 1. The van der Waals surface area contributed by atoms with E-state index in [-0.39, 0.29) is 0 Å². The van der Waals surface area contributed by atoms with E-state index >= 15 is 0 Å². The van der Waals surface area contributed by atoms with Crippen LogP contribution in [-0.2, 0) is 4.74 Å². The molecule has 2 heteroatoms. The molecule has 1 atom stereocenters. The highest BCUT2D eigenvalue weighted by molar-refractivity contribution is 5.00. The van der Waals surface area contributed by atoms with Gasteiger partial charge in [0.1, 0.15) is 0 Å². The minimum absolute atomic E-state index is 0.318. The molecule has 2 saturated heterocycles. The van der Waals surface area contributed by atoms with Crippen LogP contribution in [0.3, 0.4) is 0 Å². The van der Waals surface area contributed by atoms with Gasteiger partial charge in [0.15, 0.2) is 0 Å². The van der Waals surface area contributed by atoms with E-state index in [2.05, 4.69) is 46.4 Å². The second-order valence-corrected chi connectivity index (χ2v) is 8.45. The van der Waals surface area contributed by atoms with Crippen molar-refractivity contribution in [3.05, 3.63) is 0 Å². The van der Waals surface area contributed by atoms with Crippen LogP contribution in [0, 0.1) is 16.7 Å². The Morgan fingerprint density at radius 1 is 1.00 bits per heavy atom. The van der Waals surface area contributed by atoms with Crippen molar-refractivity contribution in [3.63, 3.8) is 0 Å². The van der Waals surface area contributed by atoms with Gasteiger partial charge < -0.3 is 4.74 Å². The van der Waals surface area contributed by atoms with Crippen LogP contribution in [0.1, 0.15) is 54.4 Å². The van der Waals surface area contributed by atoms with Gasteiger partial charge in [0.05, 0.1) is 13.2 Å². The summed E-state index contributed by atoms with van der Waals surface area (Å²) in [5, 5.41) is 0. The second-order valence-electron chi connectivity index (χ2n) is 8.45. The van der Waals surface area contributed by atoms with Gasteiger partial charge in [-0.2, -0.15) is 0 Å². The second kappa shape index (κ2) is 4.49. The zero-order chi connectivity index (χ0) is 13.6. The molecule has 106 valence electrons. The Kier molecular flexibility index (Phi) is 3.57. The van der Waals surface area contributed by atoms with Crippen LogP contribution in [0.2, 0.25) is 0 Å². The average Bonchev–Trinajstić information content (AvgIpc) is 2.60. The van der Waals surface area contributed by atoms with Gasteiger partial charge >= 0.3 is 0 Å². The summed E-state index contributed by atoms with van der Waals surface area (Å²) in [5.41, 5.74) is 1.15. The van der Waals surface area contributed by atoms with Crippen LogP contribution < -0.4 is 0 Å². The van der Waals surface area contributed by atoms with E-state index in [1.54, 1.807) is 0 Å². The van der Waals surface area contributed by atoms with E-state index in [9.17, 15) is 0 Å². The topological polar surface area (TPSA) is 12.5 Å². The molecule has 0 radical (unpaired) electrons. The highest BCUT2D eigenvalue weighted by Crippen LogP contribution is 2.51. The van der Waals surface area contributed by atoms with Crippen molar-refractivity contribution >= 4 is 0 Å². The molecule has 2 aliphatic heterocycles. The number of ether oxygens (including phenoxy) is 1. The van der Waals surface area contributed by atoms with Crippen molar-refractivity contribution in [2.45, 2.75) is 59.9 Å². The maximum Gasteiger partial charge on any atom is 0.0527 e. The predicted molar refractivity (Wildman–Crippen MR) is 76.8 cm³/mol. The Balaban J connectivity index is 2.07. The first-order valence-corrected chi connectivity index (χ1v) is 7.48. The summed E-state index contributed by atoms with van der Waals surface area (Å²) in [7, 11) is 0. The Morgan fingerprint density at radius 2 is 1.56 bits per heavy atom. The largest absolute Gasteiger partial charge is 0.381 e. The molecule has 2 fully saturated rings. The Morgan fingerprint density at radius 3 is 2.00 bits per heavy atom. The van der Waals surface area contributed by atoms with Gasteiger partial charge in [-0.05, 0) is 58.0 Å². The first-order chi connectivity index (χ1) is 8.15. The van der Waals surface area contributed by atoms with Gasteiger partial charge in [-0.3, -0.25) is 4.90 Å². The minimum Gasteiger partial charge on any atom is -0.381 e. The molecule has 2 aliphatic rings. The van der Waals surface area contributed by atoms with E-state index in [1.165, 1.54) is 25.9 Å². The monoisotopic (exact) mass is 253 g/mol. The van der Waals surface area contributed by atoms with E-state index in [0.29, 0.717) is 16.4 Å². The maximum atomic E-state index is 5.88. The standard InChI is InChI=1S/C16H31NO/c1-14(2,3)13-11-18-12-16(13)7-9-17(10-8-16)15(4,5)6/h13H,7-12H2,1-6H3. The number of piperidine rings is 1. The van der Waals surface area contributed by atoms with Gasteiger partial charge in [0.25, 0.3) is 0 Å². The van der Waals surface area contributed by atoms with Crippen LogP contribution in [0.4, 0.5) is 0 Å². The molecule has 0 amide bonds. The summed E-state index contributed by atoms with van der Waals surface area (Å²) in [6.07, 6.45) is 2.62. The molecule has 0 aromatic rings. The van der Waals surface area contributed by atoms with E-state index in [0.717, 1.165) is 19.1 Å². The molecule has 2 rings (SSSR count). The highest BCUT2D eigenvalue weighted by atomic mass is 16.5. The average molecular weight is 253 g/mol. The molecule has 0 aromatic carbocycles. The third-order valence-corrected chi connectivity index (χ3v) is 5.17. The maximum absolute atomic E-state index is 5.88. The van der Waals surface area contributed by atoms with Crippen molar-refractivity contribution in [3.8, 4) is 0 Å². The zero-order valence-corrected chi connectivity index (χ0v) is 13.2. The first kappa shape index (κ1) is 14.3. The summed E-state index contributed by atoms with van der Waals surface area (Å²) < 4.78 is 5.88. The van der Waals surface area contributed by atoms with Gasteiger partial charge in [-0.25, -0.2) is 0 Å². The lowest BCUT2D eigenvalue weighted by Crippen LogP contribution is -2.52. The van der Waals surface area contributed by atoms with Crippen LogP contribution in [-0.4, -0.2) is 36.7 Å². The van der Waals surface area contributed by atoms with Crippen molar-refractivity contribution in [1.29, 1.82) is 0 Å². The van der Waals surface area contributed by atoms with Gasteiger partial charge in [-0.1, -0.05) is 20.8 Å². The summed E-state index contributed by atoms with van der Waals surface area (Å²) in [5.74, 6) is 0.729. The normalized spacial score (nSPS) is 30.0. The molecule has 18 heavy (non-hydrogen) atoms. The highest BCUT2D eigenvalue weighted by Gasteiger charge is 2.50. The molecule has 1 unspecified atom stereocenters. The quantitative estimate of drug-likeness (QED) is 0.654.